The topological polar surface area (TPSA) is 82.1 Å². The number of hydrogen-bond acceptors (Lipinski definition) is 4. The molecule has 0 spiro atoms. The van der Waals surface area contributed by atoms with Crippen LogP contribution in [0.15, 0.2) is 48.5 Å². The molecule has 2 aromatic carbocycles. The van der Waals surface area contributed by atoms with E-state index in [0.717, 1.165) is 28.9 Å². The molecular formula is C26H29N3O4. The first kappa shape index (κ1) is 22.7. The fraction of sp³-hybridized carbons (Fsp3) is 0.385. The summed E-state index contributed by atoms with van der Waals surface area (Å²) in [6, 6.07) is 14.9. The summed E-state index contributed by atoms with van der Waals surface area (Å²) in [5.41, 5.74) is 2.78. The van der Waals surface area contributed by atoms with Crippen LogP contribution in [0.4, 0.5) is 4.79 Å². The maximum atomic E-state index is 12.7. The first-order valence-electron chi connectivity index (χ1n) is 11.3. The molecule has 33 heavy (non-hydrogen) atoms. The van der Waals surface area contributed by atoms with Gasteiger partial charge in [-0.2, -0.15) is 0 Å². The Hall–Kier alpha value is -3.50. The average molecular weight is 448 g/mol. The van der Waals surface area contributed by atoms with Crippen LogP contribution < -0.4 is 10.1 Å². The van der Waals surface area contributed by atoms with Crippen molar-refractivity contribution < 1.29 is 19.4 Å². The summed E-state index contributed by atoms with van der Waals surface area (Å²) in [5.74, 6) is 6.93. The number of methoxy groups -OCH3 is 1. The first-order valence-corrected chi connectivity index (χ1v) is 11.3. The van der Waals surface area contributed by atoms with Crippen molar-refractivity contribution in [2.24, 2.45) is 0 Å². The third-order valence-corrected chi connectivity index (χ3v) is 6.28. The van der Waals surface area contributed by atoms with Gasteiger partial charge < -0.3 is 25.0 Å². The van der Waals surface area contributed by atoms with Gasteiger partial charge in [-0.15, -0.1) is 0 Å². The van der Waals surface area contributed by atoms with Crippen molar-refractivity contribution in [1.29, 1.82) is 0 Å². The van der Waals surface area contributed by atoms with Gasteiger partial charge in [0.15, 0.2) is 0 Å². The minimum atomic E-state index is -0.267. The molecule has 172 valence electrons. The number of carbonyl (C=O) groups is 2. The Morgan fingerprint density at radius 3 is 2.64 bits per heavy atom. The fourth-order valence-electron chi connectivity index (χ4n) is 4.63. The highest BCUT2D eigenvalue weighted by Crippen LogP contribution is 2.42. The summed E-state index contributed by atoms with van der Waals surface area (Å²) in [4.78, 5) is 28.4. The lowest BCUT2D eigenvalue weighted by atomic mass is 9.73. The van der Waals surface area contributed by atoms with Crippen LogP contribution >= 0.6 is 0 Å². The van der Waals surface area contributed by atoms with Crippen LogP contribution in [0.1, 0.15) is 36.0 Å². The summed E-state index contributed by atoms with van der Waals surface area (Å²) in [6.45, 7) is 2.97. The minimum Gasteiger partial charge on any atom is -0.497 e. The zero-order valence-corrected chi connectivity index (χ0v) is 19.0. The van der Waals surface area contributed by atoms with Crippen molar-refractivity contribution in [3.63, 3.8) is 0 Å². The lowest BCUT2D eigenvalue weighted by molar-refractivity contribution is -0.159. The van der Waals surface area contributed by atoms with Gasteiger partial charge in [-0.3, -0.25) is 4.79 Å². The molecule has 0 aliphatic carbocycles. The van der Waals surface area contributed by atoms with Gasteiger partial charge in [-0.05, 0) is 42.3 Å². The molecule has 2 heterocycles. The van der Waals surface area contributed by atoms with Crippen LogP contribution in [0, 0.1) is 11.8 Å². The molecule has 2 aliphatic heterocycles. The van der Waals surface area contributed by atoms with E-state index in [1.54, 1.807) is 16.9 Å². The number of carbonyl (C=O) groups excluding carboxylic acids is 2. The van der Waals surface area contributed by atoms with Gasteiger partial charge >= 0.3 is 6.03 Å². The molecule has 2 saturated heterocycles. The second kappa shape index (κ2) is 9.97. The van der Waals surface area contributed by atoms with E-state index in [4.69, 9.17) is 4.74 Å². The standard InChI is InChI=1S/C26H29N3O4/c1-3-13-27-26(32)28-15-22-25(23(17-30)29(22)24(31)16-28)20-11-9-18(10-12-20)7-8-19-5-4-6-21(14-19)33-2/h4-6,9-12,14,22-23,25,30H,3,13,15-17H2,1-2H3,(H,27,32)/t22-,23-,25+/m1/s1. The van der Waals surface area contributed by atoms with Crippen molar-refractivity contribution in [3.05, 3.63) is 65.2 Å². The highest BCUT2D eigenvalue weighted by atomic mass is 16.5. The third kappa shape index (κ3) is 4.67. The number of aliphatic hydroxyl groups excluding tert-OH is 1. The second-order valence-electron chi connectivity index (χ2n) is 8.36. The Kier molecular flexibility index (Phi) is 6.85. The van der Waals surface area contributed by atoms with E-state index in [-0.39, 0.29) is 43.1 Å². The van der Waals surface area contributed by atoms with Crippen molar-refractivity contribution >= 4 is 11.9 Å². The molecule has 7 heteroatoms. The molecule has 0 aromatic heterocycles. The Labute approximate surface area is 194 Å². The van der Waals surface area contributed by atoms with Gasteiger partial charge in [0.1, 0.15) is 12.3 Å². The molecule has 2 aromatic rings. The van der Waals surface area contributed by atoms with Crippen LogP contribution in [-0.4, -0.2) is 72.3 Å². The predicted octanol–water partition coefficient (Wildman–Crippen LogP) is 2.19. The molecule has 2 N–H and O–H groups in total. The minimum absolute atomic E-state index is 0.0267. The maximum absolute atomic E-state index is 12.7. The molecule has 4 rings (SSSR count). The van der Waals surface area contributed by atoms with Crippen LogP contribution in [0.3, 0.4) is 0 Å². The third-order valence-electron chi connectivity index (χ3n) is 6.28. The highest BCUT2D eigenvalue weighted by molar-refractivity contribution is 5.87. The number of urea groups is 1. The van der Waals surface area contributed by atoms with Gasteiger partial charge in [0.05, 0.1) is 25.8 Å². The molecule has 0 radical (unpaired) electrons. The fourth-order valence-corrected chi connectivity index (χ4v) is 4.63. The number of ether oxygens (including phenoxy) is 1. The smallest absolute Gasteiger partial charge is 0.317 e. The van der Waals surface area contributed by atoms with Gasteiger partial charge in [0, 0.05) is 30.1 Å². The number of fused-ring (bicyclic) bond motifs is 1. The van der Waals surface area contributed by atoms with Gasteiger partial charge in [0.25, 0.3) is 0 Å². The first-order chi connectivity index (χ1) is 16.0. The normalized spacial score (nSPS) is 21.4. The monoisotopic (exact) mass is 447 g/mol. The number of aliphatic hydroxyl groups is 1. The zero-order valence-electron chi connectivity index (χ0n) is 19.0. The second-order valence-corrected chi connectivity index (χ2v) is 8.36. The Balaban J connectivity index is 1.49. The van der Waals surface area contributed by atoms with Crippen molar-refractivity contribution in [3.8, 4) is 17.6 Å². The van der Waals surface area contributed by atoms with Gasteiger partial charge in [0.2, 0.25) is 5.91 Å². The van der Waals surface area contributed by atoms with Crippen LogP contribution in [0.2, 0.25) is 0 Å². The summed E-state index contributed by atoms with van der Waals surface area (Å²) < 4.78 is 5.24. The highest BCUT2D eigenvalue weighted by Gasteiger charge is 2.54. The Bertz CT molecular complexity index is 1070. The summed E-state index contributed by atoms with van der Waals surface area (Å²) >= 11 is 0. The molecule has 2 fully saturated rings. The average Bonchev–Trinajstić information content (AvgIpc) is 2.83. The number of piperazine rings is 1. The van der Waals surface area contributed by atoms with Crippen molar-refractivity contribution in [1.82, 2.24) is 15.1 Å². The SMILES string of the molecule is CCCNC(=O)N1CC(=O)N2[C@H](CO)[C@@H](c3ccc(C#Cc4cccc(OC)c4)cc3)[C@H]2C1. The molecule has 0 saturated carbocycles. The number of nitrogens with one attached hydrogen (secondary N) is 1. The number of hydrogen-bond donors (Lipinski definition) is 2. The molecule has 2 aliphatic rings. The van der Waals surface area contributed by atoms with Crippen molar-refractivity contribution in [2.75, 3.05) is 33.4 Å². The molecule has 0 unspecified atom stereocenters. The number of amides is 3. The lowest BCUT2D eigenvalue weighted by Gasteiger charge is -2.58. The van der Waals surface area contributed by atoms with Gasteiger partial charge in [-0.25, -0.2) is 4.79 Å². The van der Waals surface area contributed by atoms with E-state index in [1.807, 2.05) is 55.5 Å². The lowest BCUT2D eigenvalue weighted by Crippen LogP contribution is -2.73. The largest absolute Gasteiger partial charge is 0.497 e. The summed E-state index contributed by atoms with van der Waals surface area (Å²) in [6.07, 6.45) is 0.839. The number of rotatable bonds is 5. The van der Waals surface area contributed by atoms with Crippen LogP contribution in [-0.2, 0) is 4.79 Å². The Morgan fingerprint density at radius 1 is 1.18 bits per heavy atom. The molecule has 7 nitrogen and oxygen atoms in total. The van der Waals surface area contributed by atoms with E-state index in [0.29, 0.717) is 13.1 Å². The molecule has 3 atom stereocenters. The maximum Gasteiger partial charge on any atom is 0.317 e. The quantitative estimate of drug-likeness (QED) is 0.689. The van der Waals surface area contributed by atoms with Crippen molar-refractivity contribution in [2.45, 2.75) is 31.3 Å². The van der Waals surface area contributed by atoms with E-state index < -0.39 is 0 Å². The molecular weight excluding hydrogens is 418 g/mol. The van der Waals surface area contributed by atoms with E-state index in [1.165, 1.54) is 0 Å². The molecule has 0 bridgehead atoms. The molecule has 3 amide bonds. The van der Waals surface area contributed by atoms with Crippen LogP contribution in [0.25, 0.3) is 0 Å². The van der Waals surface area contributed by atoms with E-state index in [9.17, 15) is 14.7 Å². The van der Waals surface area contributed by atoms with Crippen LogP contribution in [0.5, 0.6) is 5.75 Å². The Morgan fingerprint density at radius 2 is 1.94 bits per heavy atom. The van der Waals surface area contributed by atoms with E-state index >= 15 is 0 Å². The predicted molar refractivity (Wildman–Crippen MR) is 125 cm³/mol. The summed E-state index contributed by atoms with van der Waals surface area (Å²) in [5, 5.41) is 12.8. The zero-order chi connectivity index (χ0) is 23.4. The number of benzene rings is 2. The van der Waals surface area contributed by atoms with E-state index in [2.05, 4.69) is 17.2 Å². The number of nitrogens with zero attached hydrogens (tertiary/aromatic N) is 2. The van der Waals surface area contributed by atoms with Gasteiger partial charge in [-0.1, -0.05) is 37.0 Å². The summed E-state index contributed by atoms with van der Waals surface area (Å²) in [7, 11) is 1.63.